The molecule has 0 saturated heterocycles. The smallest absolute Gasteiger partial charge is 0.172 e. The molecule has 2 unspecified atom stereocenters. The molecule has 0 fully saturated rings. The van der Waals surface area contributed by atoms with Gasteiger partial charge in [0.2, 0.25) is 0 Å². The molecule has 0 radical (unpaired) electrons. The fourth-order valence-corrected chi connectivity index (χ4v) is 7.24. The van der Waals surface area contributed by atoms with Crippen molar-refractivity contribution in [2.45, 2.75) is 25.7 Å². The summed E-state index contributed by atoms with van der Waals surface area (Å²) in [6.07, 6.45) is 3.81. The van der Waals surface area contributed by atoms with Crippen molar-refractivity contribution in [2.24, 2.45) is 11.8 Å². The van der Waals surface area contributed by atoms with E-state index in [2.05, 4.69) is 8.57 Å². The highest BCUT2D eigenvalue weighted by atomic mass is 33.1. The van der Waals surface area contributed by atoms with Gasteiger partial charge in [0.05, 0.1) is 11.5 Å². The summed E-state index contributed by atoms with van der Waals surface area (Å²) in [5.41, 5.74) is 0. The normalized spacial score (nSPS) is 14.1. The van der Waals surface area contributed by atoms with Gasteiger partial charge in [-0.1, -0.05) is 43.2 Å². The number of hydrogen-bond acceptors (Lipinski definition) is 10. The van der Waals surface area contributed by atoms with E-state index in [1.807, 2.05) is 43.2 Å². The molecule has 0 amide bonds. The van der Waals surface area contributed by atoms with E-state index in [4.69, 9.17) is 11.8 Å². The van der Waals surface area contributed by atoms with Crippen molar-refractivity contribution in [1.29, 1.82) is 0 Å². The van der Waals surface area contributed by atoms with Crippen LogP contribution in [0.4, 0.5) is 0 Å². The Morgan fingerprint density at radius 2 is 1.00 bits per heavy atom. The fraction of sp³-hybridized carbons (Fsp3) is 1.00. The minimum atomic E-state index is -1.32. The molecule has 0 aromatic heterocycles. The topological polar surface area (TPSA) is 105 Å². The molecule has 2 atom stereocenters. The summed E-state index contributed by atoms with van der Waals surface area (Å²) in [4.78, 5) is 0. The van der Waals surface area contributed by atoms with E-state index in [-0.39, 0.29) is 0 Å². The molecule has 0 heterocycles. The van der Waals surface area contributed by atoms with E-state index in [0.29, 0.717) is 11.5 Å². The summed E-state index contributed by atoms with van der Waals surface area (Å²) >= 11 is -2.64. The Hall–Kier alpha value is 1.54. The average molecular weight is 429 g/mol. The molecular formula is C10H24N2O4S6. The Kier molecular flexibility index (Phi) is 20.2. The van der Waals surface area contributed by atoms with Gasteiger partial charge in [-0.05, 0) is 25.7 Å². The van der Waals surface area contributed by atoms with Crippen molar-refractivity contribution >= 4 is 65.3 Å². The zero-order valence-corrected chi connectivity index (χ0v) is 17.2. The number of nitrogens with two attached hydrogens (primary N) is 2. The average Bonchev–Trinajstić information content (AvgIpc) is 2.54. The summed E-state index contributed by atoms with van der Waals surface area (Å²) in [6.45, 7) is 0. The van der Waals surface area contributed by atoms with Gasteiger partial charge in [-0.3, -0.25) is 0 Å². The maximum absolute atomic E-state index is 10.9. The van der Waals surface area contributed by atoms with Gasteiger partial charge < -0.3 is 0 Å². The summed E-state index contributed by atoms with van der Waals surface area (Å²) < 4.78 is 30.2. The Bertz CT molecular complexity index is 273. The van der Waals surface area contributed by atoms with E-state index in [0.717, 1.165) is 48.7 Å². The molecule has 0 rings (SSSR count). The third-order valence-electron chi connectivity index (χ3n) is 2.21. The first-order valence-electron chi connectivity index (χ1n) is 6.70. The van der Waals surface area contributed by atoms with Crippen LogP contribution in [0.3, 0.4) is 0 Å². The van der Waals surface area contributed by atoms with Crippen LogP contribution in [0.1, 0.15) is 25.7 Å². The minimum absolute atomic E-state index is 0.513. The molecule has 0 spiro atoms. The molecule has 134 valence electrons. The highest BCUT2D eigenvalue weighted by Crippen LogP contribution is 2.28. The van der Waals surface area contributed by atoms with Crippen molar-refractivity contribution in [2.75, 3.05) is 34.5 Å². The van der Waals surface area contributed by atoms with Crippen molar-refractivity contribution in [3.63, 3.8) is 0 Å². The molecule has 0 aliphatic rings. The lowest BCUT2D eigenvalue weighted by Crippen LogP contribution is -2.07. The van der Waals surface area contributed by atoms with Crippen LogP contribution in [0.5, 0.6) is 0 Å². The Labute approximate surface area is 153 Å². The second-order valence-corrected chi connectivity index (χ2v) is 11.7. The number of hydrogen-bond donors (Lipinski definition) is 2. The van der Waals surface area contributed by atoms with Crippen molar-refractivity contribution in [1.82, 2.24) is 0 Å². The highest BCUT2D eigenvalue weighted by molar-refractivity contribution is 8.78. The van der Waals surface area contributed by atoms with E-state index in [1.54, 1.807) is 0 Å². The van der Waals surface area contributed by atoms with Crippen LogP contribution in [0.25, 0.3) is 0 Å². The van der Waals surface area contributed by atoms with Gasteiger partial charge in [-0.15, -0.1) is 0 Å². The zero-order valence-electron chi connectivity index (χ0n) is 12.3. The van der Waals surface area contributed by atoms with Gasteiger partial charge in [0, 0.05) is 23.0 Å². The maximum atomic E-state index is 10.9. The Morgan fingerprint density at radius 3 is 1.36 bits per heavy atom. The molecule has 0 aromatic carbocycles. The van der Waals surface area contributed by atoms with Crippen LogP contribution in [0.2, 0.25) is 0 Å². The van der Waals surface area contributed by atoms with Crippen LogP contribution in [0, 0.1) is 0 Å². The SMILES string of the molecule is NOS(=O)CCCCSSCCSSCCCCS(=O)ON. The lowest BCUT2D eigenvalue weighted by atomic mass is 10.4. The van der Waals surface area contributed by atoms with E-state index >= 15 is 0 Å². The van der Waals surface area contributed by atoms with E-state index in [9.17, 15) is 8.42 Å². The van der Waals surface area contributed by atoms with Gasteiger partial charge in [-0.2, -0.15) is 11.8 Å². The van der Waals surface area contributed by atoms with Gasteiger partial charge in [0.25, 0.3) is 0 Å². The molecule has 0 aliphatic carbocycles. The van der Waals surface area contributed by atoms with Crippen LogP contribution in [0.15, 0.2) is 0 Å². The maximum Gasteiger partial charge on any atom is 0.172 e. The van der Waals surface area contributed by atoms with Crippen LogP contribution in [-0.4, -0.2) is 42.9 Å². The number of unbranched alkanes of at least 4 members (excludes halogenated alkanes) is 2. The van der Waals surface area contributed by atoms with Crippen molar-refractivity contribution < 1.29 is 17.0 Å². The predicted octanol–water partition coefficient (Wildman–Crippen LogP) is 2.42. The van der Waals surface area contributed by atoms with Crippen LogP contribution in [-0.2, 0) is 30.7 Å². The standard InChI is InChI=1S/C10H24N2O4S6/c11-15-21(13)9-3-1-5-17-19-7-8-20-18-6-2-4-10-22(14)16-12/h1-12H2. The van der Waals surface area contributed by atoms with E-state index in [1.165, 1.54) is 0 Å². The number of rotatable bonds is 17. The van der Waals surface area contributed by atoms with Crippen LogP contribution >= 0.6 is 43.2 Å². The molecule has 0 aromatic rings. The quantitative estimate of drug-likeness (QED) is 0.204. The largest absolute Gasteiger partial charge is 0.228 e. The molecule has 6 nitrogen and oxygen atoms in total. The predicted molar refractivity (Wildman–Crippen MR) is 105 cm³/mol. The lowest BCUT2D eigenvalue weighted by molar-refractivity contribution is 0.366. The summed E-state index contributed by atoms with van der Waals surface area (Å²) in [7, 11) is 7.45. The first kappa shape index (κ1) is 23.5. The van der Waals surface area contributed by atoms with Gasteiger partial charge in [0.1, 0.15) is 0 Å². The molecule has 0 bridgehead atoms. The van der Waals surface area contributed by atoms with Gasteiger partial charge in [0.15, 0.2) is 22.2 Å². The first-order valence-corrected chi connectivity index (χ1v) is 14.2. The third-order valence-corrected chi connectivity index (χ3v) is 9.13. The van der Waals surface area contributed by atoms with Crippen molar-refractivity contribution in [3.8, 4) is 0 Å². The fourth-order valence-electron chi connectivity index (χ4n) is 1.16. The monoisotopic (exact) mass is 428 g/mol. The Balaban J connectivity index is 3.05. The molecular weight excluding hydrogens is 405 g/mol. The van der Waals surface area contributed by atoms with Crippen LogP contribution < -0.4 is 11.8 Å². The lowest BCUT2D eigenvalue weighted by Gasteiger charge is -2.02. The molecule has 0 aliphatic heterocycles. The second kappa shape index (κ2) is 18.9. The minimum Gasteiger partial charge on any atom is -0.228 e. The van der Waals surface area contributed by atoms with Gasteiger partial charge >= 0.3 is 0 Å². The van der Waals surface area contributed by atoms with Crippen molar-refractivity contribution in [3.05, 3.63) is 0 Å². The Morgan fingerprint density at radius 1 is 0.636 bits per heavy atom. The zero-order chi connectivity index (χ0) is 16.5. The molecule has 22 heavy (non-hydrogen) atoms. The first-order chi connectivity index (χ1) is 10.7. The third kappa shape index (κ3) is 17.9. The van der Waals surface area contributed by atoms with Gasteiger partial charge in [-0.25, -0.2) is 17.0 Å². The summed E-state index contributed by atoms with van der Waals surface area (Å²) in [5, 5.41) is 0. The molecule has 4 N–H and O–H groups in total. The molecule has 12 heteroatoms. The van der Waals surface area contributed by atoms with E-state index < -0.39 is 22.2 Å². The second-order valence-electron chi connectivity index (χ2n) is 3.91. The molecule has 0 saturated carbocycles. The summed E-state index contributed by atoms with van der Waals surface area (Å²) in [5.74, 6) is 15.0. The highest BCUT2D eigenvalue weighted by Gasteiger charge is 1.99. The summed E-state index contributed by atoms with van der Waals surface area (Å²) in [6, 6.07) is 0.